The summed E-state index contributed by atoms with van der Waals surface area (Å²) in [4.78, 5) is 35.6. The van der Waals surface area contributed by atoms with Crippen molar-refractivity contribution in [2.24, 2.45) is 5.92 Å². The molecule has 8 heteroatoms. The lowest BCUT2D eigenvalue weighted by molar-refractivity contribution is -0.139. The molecule has 2 aromatic rings. The number of rotatable bonds is 4. The zero-order valence-electron chi connectivity index (χ0n) is 16.4. The first-order valence-electron chi connectivity index (χ1n) is 10.0. The van der Waals surface area contributed by atoms with Gasteiger partial charge in [-0.2, -0.15) is 0 Å². The van der Waals surface area contributed by atoms with E-state index >= 15 is 0 Å². The zero-order valence-corrected chi connectivity index (χ0v) is 18.8. The van der Waals surface area contributed by atoms with Crippen LogP contribution in [0.3, 0.4) is 0 Å². The van der Waals surface area contributed by atoms with Gasteiger partial charge in [0.2, 0.25) is 11.8 Å². The monoisotopic (exact) mass is 476 g/mol. The number of hydrogen-bond donors (Lipinski definition) is 1. The molecule has 4 heterocycles. The van der Waals surface area contributed by atoms with E-state index in [4.69, 9.17) is 0 Å². The lowest BCUT2D eigenvalue weighted by Gasteiger charge is -2.38. The van der Waals surface area contributed by atoms with Crippen LogP contribution in [0.4, 0.5) is 5.82 Å². The van der Waals surface area contributed by atoms with E-state index in [0.29, 0.717) is 18.9 Å². The third-order valence-electron chi connectivity index (χ3n) is 5.83. The first-order chi connectivity index (χ1) is 14.0. The summed E-state index contributed by atoms with van der Waals surface area (Å²) in [6, 6.07) is 5.55. The van der Waals surface area contributed by atoms with Gasteiger partial charge in [-0.1, -0.05) is 0 Å². The van der Waals surface area contributed by atoms with Crippen LogP contribution in [0.25, 0.3) is 0 Å². The van der Waals surface area contributed by atoms with E-state index in [0.717, 1.165) is 36.8 Å². The van der Waals surface area contributed by atoms with E-state index in [-0.39, 0.29) is 23.8 Å². The van der Waals surface area contributed by atoms with Crippen molar-refractivity contribution in [1.29, 1.82) is 0 Å². The Hall–Kier alpha value is -1.77. The molecule has 2 aliphatic rings. The summed E-state index contributed by atoms with van der Waals surface area (Å²) in [5.41, 5.74) is 1.28. The maximum absolute atomic E-state index is 13.1. The molecule has 154 valence electrons. The number of nitrogens with zero attached hydrogens (tertiary/aromatic N) is 3. The zero-order chi connectivity index (χ0) is 20.4. The summed E-state index contributed by atoms with van der Waals surface area (Å²) in [5.74, 6) is 0.566. The molecule has 0 radical (unpaired) electrons. The van der Waals surface area contributed by atoms with Crippen LogP contribution >= 0.6 is 27.3 Å². The van der Waals surface area contributed by atoms with Crippen LogP contribution in [0.2, 0.25) is 0 Å². The van der Waals surface area contributed by atoms with Crippen LogP contribution in [-0.2, 0) is 22.6 Å². The van der Waals surface area contributed by atoms with Gasteiger partial charge >= 0.3 is 0 Å². The molecule has 0 spiro atoms. The second-order valence-electron chi connectivity index (χ2n) is 7.74. The number of pyridine rings is 1. The van der Waals surface area contributed by atoms with Crippen molar-refractivity contribution in [3.05, 3.63) is 44.7 Å². The molecule has 4 rings (SSSR count). The Kier molecular flexibility index (Phi) is 6.32. The number of nitrogens with one attached hydrogen (secondary N) is 1. The van der Waals surface area contributed by atoms with Gasteiger partial charge in [0, 0.05) is 35.2 Å². The Morgan fingerprint density at radius 1 is 1.31 bits per heavy atom. The molecular weight excluding hydrogens is 452 g/mol. The maximum Gasteiger partial charge on any atom is 0.239 e. The van der Waals surface area contributed by atoms with Crippen LogP contribution in [0.5, 0.6) is 0 Å². The topological polar surface area (TPSA) is 65.5 Å². The van der Waals surface area contributed by atoms with Gasteiger partial charge in [-0.15, -0.1) is 11.3 Å². The summed E-state index contributed by atoms with van der Waals surface area (Å²) < 4.78 is 0.874. The van der Waals surface area contributed by atoms with E-state index in [1.165, 1.54) is 10.4 Å². The number of piperidine rings is 1. The molecule has 2 aromatic heterocycles. The predicted octanol–water partition coefficient (Wildman–Crippen LogP) is 3.53. The number of aromatic nitrogens is 1. The van der Waals surface area contributed by atoms with E-state index in [9.17, 15) is 9.59 Å². The Bertz CT molecular complexity index is 885. The standard InChI is InChI=1S/C21H25BrN4O2S/c1-14(21(28)26-9-6-18-15(12-26)7-10-29-18)25-8-2-3-16(13-25)20(27)24-19-5-4-17(22)11-23-19/h4-5,7,10-11,14,16H,2-3,6,8-9,12-13H2,1H3,(H,23,24,27). The number of halogens is 1. The van der Waals surface area contributed by atoms with Gasteiger partial charge in [-0.05, 0) is 77.8 Å². The number of carbonyl (C=O) groups excluding carboxylic acids is 2. The van der Waals surface area contributed by atoms with E-state index in [1.807, 2.05) is 17.9 Å². The Balaban J connectivity index is 1.35. The molecule has 6 nitrogen and oxygen atoms in total. The first-order valence-corrected chi connectivity index (χ1v) is 11.7. The second kappa shape index (κ2) is 8.93. The van der Waals surface area contributed by atoms with E-state index in [2.05, 4.69) is 42.6 Å². The molecule has 0 aromatic carbocycles. The smallest absolute Gasteiger partial charge is 0.239 e. The number of amides is 2. The largest absolute Gasteiger partial charge is 0.337 e. The SMILES string of the molecule is CC(C(=O)N1CCc2sccc2C1)N1CCCC(C(=O)Nc2ccc(Br)cn2)C1. The summed E-state index contributed by atoms with van der Waals surface area (Å²) >= 11 is 5.13. The van der Waals surface area contributed by atoms with Crippen molar-refractivity contribution < 1.29 is 9.59 Å². The molecular formula is C21H25BrN4O2S. The maximum atomic E-state index is 13.1. The minimum absolute atomic E-state index is 0.0231. The van der Waals surface area contributed by atoms with Gasteiger partial charge in [-0.3, -0.25) is 14.5 Å². The molecule has 29 heavy (non-hydrogen) atoms. The highest BCUT2D eigenvalue weighted by Crippen LogP contribution is 2.26. The Morgan fingerprint density at radius 2 is 2.17 bits per heavy atom. The summed E-state index contributed by atoms with van der Waals surface area (Å²) in [5, 5.41) is 5.01. The lowest BCUT2D eigenvalue weighted by Crippen LogP contribution is -2.52. The van der Waals surface area contributed by atoms with Crippen LogP contribution in [0.15, 0.2) is 34.2 Å². The van der Waals surface area contributed by atoms with Crippen molar-refractivity contribution in [2.75, 3.05) is 25.0 Å². The van der Waals surface area contributed by atoms with Crippen molar-refractivity contribution in [2.45, 2.75) is 38.8 Å². The molecule has 0 aliphatic carbocycles. The summed E-state index contributed by atoms with van der Waals surface area (Å²) in [7, 11) is 0. The molecule has 1 fully saturated rings. The number of anilines is 1. The molecule has 2 aliphatic heterocycles. The molecule has 0 bridgehead atoms. The van der Waals surface area contributed by atoms with Crippen molar-refractivity contribution in [1.82, 2.24) is 14.8 Å². The average molecular weight is 477 g/mol. The fourth-order valence-corrected chi connectivity index (χ4v) is 5.23. The summed E-state index contributed by atoms with van der Waals surface area (Å²) in [6.07, 6.45) is 4.36. The molecule has 1 N–H and O–H groups in total. The Labute approximate surface area is 183 Å². The third kappa shape index (κ3) is 4.70. The highest BCUT2D eigenvalue weighted by molar-refractivity contribution is 9.10. The molecule has 2 amide bonds. The second-order valence-corrected chi connectivity index (χ2v) is 9.66. The van der Waals surface area contributed by atoms with Crippen molar-refractivity contribution in [3.8, 4) is 0 Å². The van der Waals surface area contributed by atoms with Gasteiger partial charge < -0.3 is 10.2 Å². The van der Waals surface area contributed by atoms with Gasteiger partial charge in [0.25, 0.3) is 0 Å². The van der Waals surface area contributed by atoms with Gasteiger partial charge in [-0.25, -0.2) is 4.98 Å². The number of likely N-dealkylation sites (tertiary alicyclic amines) is 1. The van der Waals surface area contributed by atoms with Crippen molar-refractivity contribution in [3.63, 3.8) is 0 Å². The predicted molar refractivity (Wildman–Crippen MR) is 118 cm³/mol. The fourth-order valence-electron chi connectivity index (χ4n) is 4.11. The van der Waals surface area contributed by atoms with Crippen molar-refractivity contribution >= 4 is 44.9 Å². The van der Waals surface area contributed by atoms with Crippen LogP contribution in [-0.4, -0.2) is 52.3 Å². The molecule has 2 unspecified atom stereocenters. The molecule has 1 saturated heterocycles. The normalized spacial score (nSPS) is 20.8. The van der Waals surface area contributed by atoms with E-state index in [1.54, 1.807) is 23.6 Å². The van der Waals surface area contributed by atoms with Gasteiger partial charge in [0.05, 0.1) is 12.0 Å². The van der Waals surface area contributed by atoms with Crippen LogP contribution in [0, 0.1) is 5.92 Å². The van der Waals surface area contributed by atoms with Crippen LogP contribution < -0.4 is 5.32 Å². The first kappa shape index (κ1) is 20.5. The number of fused-ring (bicyclic) bond motifs is 1. The van der Waals surface area contributed by atoms with Gasteiger partial charge in [0.15, 0.2) is 0 Å². The lowest BCUT2D eigenvalue weighted by atomic mass is 9.95. The Morgan fingerprint density at radius 3 is 2.97 bits per heavy atom. The quantitative estimate of drug-likeness (QED) is 0.732. The fraction of sp³-hybridized carbons (Fsp3) is 0.476. The third-order valence-corrected chi connectivity index (χ3v) is 7.32. The highest BCUT2D eigenvalue weighted by Gasteiger charge is 2.33. The minimum atomic E-state index is -0.211. The highest BCUT2D eigenvalue weighted by atomic mass is 79.9. The number of hydrogen-bond acceptors (Lipinski definition) is 5. The van der Waals surface area contributed by atoms with Gasteiger partial charge in [0.1, 0.15) is 5.82 Å². The summed E-state index contributed by atoms with van der Waals surface area (Å²) in [6.45, 7) is 4.91. The number of thiophene rings is 1. The van der Waals surface area contributed by atoms with Crippen LogP contribution in [0.1, 0.15) is 30.2 Å². The minimum Gasteiger partial charge on any atom is -0.337 e. The molecule has 2 atom stereocenters. The average Bonchev–Trinajstić information content (AvgIpc) is 3.22. The number of carbonyl (C=O) groups is 2. The van der Waals surface area contributed by atoms with E-state index < -0.39 is 0 Å². The molecule has 0 saturated carbocycles.